The van der Waals surface area contributed by atoms with Gasteiger partial charge < -0.3 is 10.2 Å². The minimum atomic E-state index is -0.524. The fourth-order valence-electron chi connectivity index (χ4n) is 2.36. The Morgan fingerprint density at radius 3 is 2.78 bits per heavy atom. The summed E-state index contributed by atoms with van der Waals surface area (Å²) in [5.74, 6) is -0.216. The highest BCUT2D eigenvalue weighted by molar-refractivity contribution is 6.06. The van der Waals surface area contributed by atoms with Crippen LogP contribution in [0.3, 0.4) is 0 Å². The Hall–Kier alpha value is -1.84. The van der Waals surface area contributed by atoms with Crippen molar-refractivity contribution >= 4 is 17.5 Å². The van der Waals surface area contributed by atoms with Crippen molar-refractivity contribution in [3.8, 4) is 0 Å². The van der Waals surface area contributed by atoms with Gasteiger partial charge in [-0.3, -0.25) is 9.59 Å². The standard InChI is InChI=1S/C14H18N2O2/c1-4-7-16-12-6-5-9(2)8-11(12)13(14(16)18)15-10(3)17/h5-6,8,13H,4,7H2,1-3H3,(H,15,17)/t13-/m1/s1. The van der Waals surface area contributed by atoms with Crippen LogP contribution < -0.4 is 10.2 Å². The predicted molar refractivity (Wildman–Crippen MR) is 70.4 cm³/mol. The number of amides is 2. The first-order valence-electron chi connectivity index (χ1n) is 6.23. The third kappa shape index (κ3) is 2.10. The number of benzene rings is 1. The first-order valence-corrected chi connectivity index (χ1v) is 6.23. The van der Waals surface area contributed by atoms with E-state index in [0.717, 1.165) is 23.2 Å². The molecule has 4 heteroatoms. The largest absolute Gasteiger partial charge is 0.341 e. The number of carbonyl (C=O) groups is 2. The number of aryl methyl sites for hydroxylation is 1. The third-order valence-corrected chi connectivity index (χ3v) is 3.09. The molecular weight excluding hydrogens is 228 g/mol. The van der Waals surface area contributed by atoms with Crippen LogP contribution in [0.15, 0.2) is 18.2 Å². The number of hydrogen-bond donors (Lipinski definition) is 1. The predicted octanol–water partition coefficient (Wildman–Crippen LogP) is 1.93. The molecule has 1 atom stereocenters. The second kappa shape index (κ2) is 4.80. The lowest BCUT2D eigenvalue weighted by Crippen LogP contribution is -2.36. The van der Waals surface area contributed by atoms with Crippen LogP contribution in [-0.4, -0.2) is 18.4 Å². The molecule has 1 aliphatic rings. The molecule has 1 aromatic carbocycles. The SMILES string of the molecule is CCCN1C(=O)[C@H](NC(C)=O)c2cc(C)ccc21. The zero-order chi connectivity index (χ0) is 13.3. The number of rotatable bonds is 3. The molecule has 0 aliphatic carbocycles. The third-order valence-electron chi connectivity index (χ3n) is 3.09. The molecule has 0 saturated carbocycles. The number of fused-ring (bicyclic) bond motifs is 1. The van der Waals surface area contributed by atoms with E-state index < -0.39 is 6.04 Å². The summed E-state index contributed by atoms with van der Waals surface area (Å²) in [5.41, 5.74) is 2.92. The average molecular weight is 246 g/mol. The highest BCUT2D eigenvalue weighted by atomic mass is 16.2. The van der Waals surface area contributed by atoms with Crippen molar-refractivity contribution in [2.45, 2.75) is 33.2 Å². The normalized spacial score (nSPS) is 17.8. The Balaban J connectivity index is 2.43. The summed E-state index contributed by atoms with van der Waals surface area (Å²) in [5, 5.41) is 2.73. The summed E-state index contributed by atoms with van der Waals surface area (Å²) in [6, 6.07) is 5.40. The quantitative estimate of drug-likeness (QED) is 0.886. The van der Waals surface area contributed by atoms with Crippen LogP contribution >= 0.6 is 0 Å². The Bertz CT molecular complexity index is 497. The van der Waals surface area contributed by atoms with Crippen molar-refractivity contribution in [2.75, 3.05) is 11.4 Å². The highest BCUT2D eigenvalue weighted by Gasteiger charge is 2.37. The van der Waals surface area contributed by atoms with E-state index in [4.69, 9.17) is 0 Å². The van der Waals surface area contributed by atoms with E-state index in [0.29, 0.717) is 6.54 Å². The van der Waals surface area contributed by atoms with E-state index in [1.54, 1.807) is 4.90 Å². The lowest BCUT2D eigenvalue weighted by Gasteiger charge is -2.16. The lowest BCUT2D eigenvalue weighted by atomic mass is 10.1. The van der Waals surface area contributed by atoms with Crippen molar-refractivity contribution in [3.05, 3.63) is 29.3 Å². The number of hydrogen-bond acceptors (Lipinski definition) is 2. The fraction of sp³-hybridized carbons (Fsp3) is 0.429. The van der Waals surface area contributed by atoms with Gasteiger partial charge in [0.05, 0.1) is 0 Å². The van der Waals surface area contributed by atoms with Crippen LogP contribution in [-0.2, 0) is 9.59 Å². The summed E-state index contributed by atoms with van der Waals surface area (Å²) in [7, 11) is 0. The molecule has 18 heavy (non-hydrogen) atoms. The maximum Gasteiger partial charge on any atom is 0.254 e. The van der Waals surface area contributed by atoms with Gasteiger partial charge >= 0.3 is 0 Å². The van der Waals surface area contributed by atoms with Gasteiger partial charge in [-0.25, -0.2) is 0 Å². The van der Waals surface area contributed by atoms with E-state index in [1.165, 1.54) is 6.92 Å². The van der Waals surface area contributed by atoms with Gasteiger partial charge in [0.15, 0.2) is 0 Å². The molecule has 1 N–H and O–H groups in total. The van der Waals surface area contributed by atoms with Crippen LogP contribution in [0.25, 0.3) is 0 Å². The van der Waals surface area contributed by atoms with Gasteiger partial charge in [0.2, 0.25) is 5.91 Å². The summed E-state index contributed by atoms with van der Waals surface area (Å²) in [6.45, 7) is 6.14. The van der Waals surface area contributed by atoms with Crippen LogP contribution in [0, 0.1) is 6.92 Å². The molecule has 0 unspecified atom stereocenters. The molecule has 2 amide bonds. The van der Waals surface area contributed by atoms with E-state index >= 15 is 0 Å². The topological polar surface area (TPSA) is 49.4 Å². The minimum Gasteiger partial charge on any atom is -0.341 e. The summed E-state index contributed by atoms with van der Waals surface area (Å²) in [4.78, 5) is 25.3. The van der Waals surface area contributed by atoms with Crippen molar-refractivity contribution in [1.29, 1.82) is 0 Å². The van der Waals surface area contributed by atoms with Gasteiger partial charge in [-0.1, -0.05) is 24.6 Å². The van der Waals surface area contributed by atoms with Crippen molar-refractivity contribution < 1.29 is 9.59 Å². The monoisotopic (exact) mass is 246 g/mol. The van der Waals surface area contributed by atoms with Crippen LogP contribution in [0.5, 0.6) is 0 Å². The van der Waals surface area contributed by atoms with Gasteiger partial charge in [-0.2, -0.15) is 0 Å². The first-order chi connectivity index (χ1) is 8.54. The molecule has 0 saturated heterocycles. The Labute approximate surface area is 107 Å². The van der Waals surface area contributed by atoms with Crippen molar-refractivity contribution in [3.63, 3.8) is 0 Å². The lowest BCUT2D eigenvalue weighted by molar-refractivity contribution is -0.126. The molecule has 1 aromatic rings. The van der Waals surface area contributed by atoms with Gasteiger partial charge in [0.1, 0.15) is 6.04 Å². The fourth-order valence-corrected chi connectivity index (χ4v) is 2.36. The summed E-state index contributed by atoms with van der Waals surface area (Å²) >= 11 is 0. The minimum absolute atomic E-state index is 0.0346. The maximum atomic E-state index is 12.3. The van der Waals surface area contributed by atoms with Gasteiger partial charge in [0, 0.05) is 24.7 Å². The molecule has 0 fully saturated rings. The van der Waals surface area contributed by atoms with Gasteiger partial charge in [-0.05, 0) is 19.4 Å². The number of carbonyl (C=O) groups excluding carboxylic acids is 2. The van der Waals surface area contributed by atoms with Crippen LogP contribution in [0.1, 0.15) is 37.4 Å². The van der Waals surface area contributed by atoms with Crippen LogP contribution in [0.2, 0.25) is 0 Å². The smallest absolute Gasteiger partial charge is 0.254 e. The Morgan fingerprint density at radius 1 is 1.44 bits per heavy atom. The zero-order valence-corrected chi connectivity index (χ0v) is 11.0. The molecule has 2 rings (SSSR count). The molecule has 96 valence electrons. The Kier molecular flexibility index (Phi) is 3.36. The van der Waals surface area contributed by atoms with Gasteiger partial charge in [0.25, 0.3) is 5.91 Å². The number of nitrogens with zero attached hydrogens (tertiary/aromatic N) is 1. The van der Waals surface area contributed by atoms with Gasteiger partial charge in [-0.15, -0.1) is 0 Å². The molecule has 0 aromatic heterocycles. The molecule has 0 bridgehead atoms. The zero-order valence-electron chi connectivity index (χ0n) is 11.0. The van der Waals surface area contributed by atoms with Crippen molar-refractivity contribution in [2.24, 2.45) is 0 Å². The molecule has 1 heterocycles. The number of anilines is 1. The van der Waals surface area contributed by atoms with E-state index in [-0.39, 0.29) is 11.8 Å². The molecule has 4 nitrogen and oxygen atoms in total. The molecule has 0 radical (unpaired) electrons. The Morgan fingerprint density at radius 2 is 2.17 bits per heavy atom. The first kappa shape index (κ1) is 12.6. The highest BCUT2D eigenvalue weighted by Crippen LogP contribution is 2.36. The molecule has 0 spiro atoms. The van der Waals surface area contributed by atoms with Crippen molar-refractivity contribution in [1.82, 2.24) is 5.32 Å². The maximum absolute atomic E-state index is 12.3. The second-order valence-electron chi connectivity index (χ2n) is 4.69. The number of nitrogens with one attached hydrogen (secondary N) is 1. The van der Waals surface area contributed by atoms with Crippen LogP contribution in [0.4, 0.5) is 5.69 Å². The molecule has 1 aliphatic heterocycles. The van der Waals surface area contributed by atoms with E-state index in [9.17, 15) is 9.59 Å². The molecular formula is C14H18N2O2. The summed E-state index contributed by atoms with van der Waals surface area (Å²) in [6.07, 6.45) is 0.895. The van der Waals surface area contributed by atoms with E-state index in [1.807, 2.05) is 32.0 Å². The summed E-state index contributed by atoms with van der Waals surface area (Å²) < 4.78 is 0. The van der Waals surface area contributed by atoms with E-state index in [2.05, 4.69) is 5.32 Å². The average Bonchev–Trinajstić information content (AvgIpc) is 2.54. The second-order valence-corrected chi connectivity index (χ2v) is 4.69.